The molecule has 0 spiro atoms. The van der Waals surface area contributed by atoms with Crippen LogP contribution in [0.5, 0.6) is 0 Å². The van der Waals surface area contributed by atoms with Gasteiger partial charge in [-0.25, -0.2) is 4.79 Å². The summed E-state index contributed by atoms with van der Waals surface area (Å²) in [4.78, 5) is 11.7. The quantitative estimate of drug-likeness (QED) is 0.616. The first-order valence-electron chi connectivity index (χ1n) is 6.74. The highest BCUT2D eigenvalue weighted by molar-refractivity contribution is 5.87. The maximum absolute atomic E-state index is 11.7. The fraction of sp³-hybridized carbons (Fsp3) is 0.438. The molecule has 1 aliphatic rings. The Bertz CT molecular complexity index is 417. The van der Waals surface area contributed by atoms with E-state index in [4.69, 9.17) is 9.47 Å². The topological polar surface area (TPSA) is 35.5 Å². The number of esters is 1. The van der Waals surface area contributed by atoms with E-state index in [0.29, 0.717) is 6.10 Å². The molecule has 0 atom stereocenters. The number of ether oxygens (including phenoxy) is 2. The number of carbonyl (C=O) groups excluding carboxylic acids is 1. The highest BCUT2D eigenvalue weighted by Crippen LogP contribution is 2.23. The van der Waals surface area contributed by atoms with Crippen molar-refractivity contribution in [2.45, 2.75) is 37.9 Å². The van der Waals surface area contributed by atoms with Crippen molar-refractivity contribution in [2.75, 3.05) is 7.11 Å². The Hall–Kier alpha value is -1.61. The highest BCUT2D eigenvalue weighted by Gasteiger charge is 2.22. The number of hydrogen-bond donors (Lipinski definition) is 0. The van der Waals surface area contributed by atoms with Crippen LogP contribution in [-0.2, 0) is 14.3 Å². The van der Waals surface area contributed by atoms with Crippen molar-refractivity contribution in [1.29, 1.82) is 0 Å². The van der Waals surface area contributed by atoms with E-state index in [1.165, 1.54) is 6.08 Å². The molecular formula is C16H20O3. The predicted octanol–water partition coefficient (Wildman–Crippen LogP) is 3.20. The van der Waals surface area contributed by atoms with Crippen molar-refractivity contribution in [1.82, 2.24) is 0 Å². The molecule has 19 heavy (non-hydrogen) atoms. The van der Waals surface area contributed by atoms with E-state index in [9.17, 15) is 4.79 Å². The zero-order valence-electron chi connectivity index (χ0n) is 11.2. The largest absolute Gasteiger partial charge is 0.459 e. The molecule has 0 bridgehead atoms. The van der Waals surface area contributed by atoms with E-state index < -0.39 is 0 Å². The van der Waals surface area contributed by atoms with Crippen LogP contribution in [-0.4, -0.2) is 25.3 Å². The van der Waals surface area contributed by atoms with Crippen LogP contribution in [0.25, 0.3) is 6.08 Å². The van der Waals surface area contributed by atoms with Gasteiger partial charge in [-0.1, -0.05) is 30.3 Å². The van der Waals surface area contributed by atoms with E-state index in [1.54, 1.807) is 13.2 Å². The summed E-state index contributed by atoms with van der Waals surface area (Å²) in [5.74, 6) is -0.260. The molecule has 1 aromatic rings. The minimum Gasteiger partial charge on any atom is -0.459 e. The molecule has 0 amide bonds. The van der Waals surface area contributed by atoms with E-state index >= 15 is 0 Å². The molecule has 1 aliphatic carbocycles. The summed E-state index contributed by atoms with van der Waals surface area (Å²) in [5, 5.41) is 0. The minimum atomic E-state index is -0.260. The Morgan fingerprint density at radius 3 is 2.37 bits per heavy atom. The minimum absolute atomic E-state index is 0.0410. The smallest absolute Gasteiger partial charge is 0.331 e. The molecule has 1 saturated carbocycles. The van der Waals surface area contributed by atoms with Gasteiger partial charge in [0.05, 0.1) is 6.10 Å². The molecule has 1 aromatic carbocycles. The van der Waals surface area contributed by atoms with Gasteiger partial charge in [-0.3, -0.25) is 0 Å². The van der Waals surface area contributed by atoms with Crippen LogP contribution < -0.4 is 0 Å². The third-order valence-electron chi connectivity index (χ3n) is 3.45. The fourth-order valence-corrected chi connectivity index (χ4v) is 2.32. The number of carbonyl (C=O) groups is 1. The molecule has 0 unspecified atom stereocenters. The van der Waals surface area contributed by atoms with Gasteiger partial charge < -0.3 is 9.47 Å². The Morgan fingerprint density at radius 1 is 1.11 bits per heavy atom. The lowest BCUT2D eigenvalue weighted by Crippen LogP contribution is -2.27. The van der Waals surface area contributed by atoms with Crippen LogP contribution in [0.1, 0.15) is 31.2 Å². The van der Waals surface area contributed by atoms with Crippen molar-refractivity contribution in [3.8, 4) is 0 Å². The van der Waals surface area contributed by atoms with Crippen molar-refractivity contribution < 1.29 is 14.3 Å². The second kappa shape index (κ2) is 7.10. The molecule has 0 heterocycles. The molecule has 3 heteroatoms. The van der Waals surface area contributed by atoms with Crippen molar-refractivity contribution in [2.24, 2.45) is 0 Å². The van der Waals surface area contributed by atoms with Crippen molar-refractivity contribution >= 4 is 12.0 Å². The molecule has 1 fully saturated rings. The van der Waals surface area contributed by atoms with Crippen molar-refractivity contribution in [3.63, 3.8) is 0 Å². The zero-order valence-corrected chi connectivity index (χ0v) is 11.2. The maximum Gasteiger partial charge on any atom is 0.331 e. The Balaban J connectivity index is 1.77. The van der Waals surface area contributed by atoms with Gasteiger partial charge in [0, 0.05) is 13.2 Å². The second-order valence-electron chi connectivity index (χ2n) is 4.82. The van der Waals surface area contributed by atoms with Gasteiger partial charge in [-0.15, -0.1) is 0 Å². The standard InChI is InChI=1S/C16H20O3/c1-18-14-8-10-15(11-9-14)19-16(17)12-7-13-5-3-2-4-6-13/h2-7,12,14-15H,8-11H2,1H3. The predicted molar refractivity (Wildman–Crippen MR) is 74.6 cm³/mol. The van der Waals surface area contributed by atoms with Crippen LogP contribution in [0.3, 0.4) is 0 Å². The number of hydrogen-bond acceptors (Lipinski definition) is 3. The van der Waals surface area contributed by atoms with Crippen LogP contribution in [0.4, 0.5) is 0 Å². The summed E-state index contributed by atoms with van der Waals surface area (Å²) in [7, 11) is 1.74. The van der Waals surface area contributed by atoms with Crippen molar-refractivity contribution in [3.05, 3.63) is 42.0 Å². The molecule has 102 valence electrons. The van der Waals surface area contributed by atoms with Crippen LogP contribution in [0.2, 0.25) is 0 Å². The second-order valence-corrected chi connectivity index (χ2v) is 4.82. The van der Waals surface area contributed by atoms with E-state index in [-0.39, 0.29) is 12.1 Å². The molecule has 0 aliphatic heterocycles. The molecule has 0 saturated heterocycles. The lowest BCUT2D eigenvalue weighted by molar-refractivity contribution is -0.145. The maximum atomic E-state index is 11.7. The molecule has 0 radical (unpaired) electrons. The van der Waals surface area contributed by atoms with Gasteiger partial charge in [-0.2, -0.15) is 0 Å². The summed E-state index contributed by atoms with van der Waals surface area (Å²) in [6.07, 6.45) is 7.37. The summed E-state index contributed by atoms with van der Waals surface area (Å²) >= 11 is 0. The summed E-state index contributed by atoms with van der Waals surface area (Å²) in [6, 6.07) is 9.74. The van der Waals surface area contributed by atoms with Crippen LogP contribution >= 0.6 is 0 Å². The Labute approximate surface area is 114 Å². The first-order chi connectivity index (χ1) is 9.28. The van der Waals surface area contributed by atoms with Crippen LogP contribution in [0, 0.1) is 0 Å². The average Bonchev–Trinajstić information content (AvgIpc) is 2.47. The first-order valence-corrected chi connectivity index (χ1v) is 6.74. The normalized spacial score (nSPS) is 23.4. The lowest BCUT2D eigenvalue weighted by Gasteiger charge is -2.26. The monoisotopic (exact) mass is 260 g/mol. The fourth-order valence-electron chi connectivity index (χ4n) is 2.32. The molecule has 3 nitrogen and oxygen atoms in total. The molecular weight excluding hydrogens is 240 g/mol. The summed E-state index contributed by atoms with van der Waals surface area (Å²) in [6.45, 7) is 0. The first kappa shape index (κ1) is 13.8. The average molecular weight is 260 g/mol. The highest BCUT2D eigenvalue weighted by atomic mass is 16.5. The molecule has 0 aromatic heterocycles. The van der Waals surface area contributed by atoms with E-state index in [0.717, 1.165) is 31.2 Å². The number of rotatable bonds is 4. The van der Waals surface area contributed by atoms with Gasteiger partial charge in [0.25, 0.3) is 0 Å². The van der Waals surface area contributed by atoms with Gasteiger partial charge >= 0.3 is 5.97 Å². The summed E-state index contributed by atoms with van der Waals surface area (Å²) in [5.41, 5.74) is 1.00. The van der Waals surface area contributed by atoms with Gasteiger partial charge in [0.2, 0.25) is 0 Å². The zero-order chi connectivity index (χ0) is 13.5. The van der Waals surface area contributed by atoms with E-state index in [2.05, 4.69) is 0 Å². The third-order valence-corrected chi connectivity index (χ3v) is 3.45. The summed E-state index contributed by atoms with van der Waals surface area (Å²) < 4.78 is 10.7. The third kappa shape index (κ3) is 4.52. The number of benzene rings is 1. The van der Waals surface area contributed by atoms with Crippen LogP contribution in [0.15, 0.2) is 36.4 Å². The molecule has 2 rings (SSSR count). The lowest BCUT2D eigenvalue weighted by atomic mass is 9.95. The molecule has 0 N–H and O–H groups in total. The number of methoxy groups -OCH3 is 1. The van der Waals surface area contributed by atoms with Gasteiger partial charge in [-0.05, 0) is 37.3 Å². The van der Waals surface area contributed by atoms with Gasteiger partial charge in [0.15, 0.2) is 0 Å². The SMILES string of the molecule is COC1CCC(OC(=O)C=Cc2ccccc2)CC1. The Morgan fingerprint density at radius 2 is 1.74 bits per heavy atom. The van der Waals surface area contributed by atoms with E-state index in [1.807, 2.05) is 30.3 Å². The van der Waals surface area contributed by atoms with Gasteiger partial charge in [0.1, 0.15) is 6.10 Å². The Kier molecular flexibility index (Phi) is 5.16.